The van der Waals surface area contributed by atoms with Gasteiger partial charge in [-0.1, -0.05) is 96.7 Å². The Morgan fingerprint density at radius 2 is 0.873 bits per heavy atom. The summed E-state index contributed by atoms with van der Waals surface area (Å²) in [6.07, 6.45) is 5.86. The SMILES string of the molecule is O=C(O)/C=C\C(=O)O.O=C(O)/C=C\C(=O)O.c1ccc(C(CCN2CCN(CCCCN3c4ccccc4Sc4ccccc43)CC2)c2ccccc2)cc1. The van der Waals surface area contributed by atoms with Gasteiger partial charge in [-0.25, -0.2) is 19.2 Å². The number of piperazine rings is 1. The maximum absolute atomic E-state index is 9.55. The summed E-state index contributed by atoms with van der Waals surface area (Å²) in [5.74, 6) is -4.56. The van der Waals surface area contributed by atoms with Crippen LogP contribution in [0.1, 0.15) is 36.3 Å². The smallest absolute Gasteiger partial charge is 0.328 e. The molecule has 0 aliphatic carbocycles. The molecule has 0 unspecified atom stereocenters. The highest BCUT2D eigenvalue weighted by Crippen LogP contribution is 2.47. The number of para-hydroxylation sites is 2. The molecule has 0 aromatic heterocycles. The summed E-state index contributed by atoms with van der Waals surface area (Å²) in [4.78, 5) is 48.8. The molecule has 2 heterocycles. The second-order valence-corrected chi connectivity index (χ2v) is 13.8. The van der Waals surface area contributed by atoms with Crippen molar-refractivity contribution in [2.45, 2.75) is 35.0 Å². The number of hydrogen-bond acceptors (Lipinski definition) is 8. The number of aliphatic carboxylic acids is 4. The number of benzene rings is 4. The molecule has 2 aliphatic heterocycles. The van der Waals surface area contributed by atoms with E-state index in [9.17, 15) is 19.2 Å². The minimum atomic E-state index is -1.26. The van der Waals surface area contributed by atoms with E-state index in [1.54, 1.807) is 0 Å². The molecule has 4 aromatic rings. The standard InChI is InChI=1S/C35H39N3S.2C4H4O4/c1-3-13-29(14-4-1)31(30-15-5-2-6-16-30)21-24-37-27-25-36(26-28-37)22-11-12-23-38-32-17-7-9-19-34(32)39-35-20-10-8-18-33(35)38;2*5-3(6)1-2-4(7)8/h1-10,13-20,31H,11-12,21-28H2;2*1-2H,(H,5,6)(H,7,8)/b;2*2-1-. The van der Waals surface area contributed by atoms with Crippen LogP contribution in [0.2, 0.25) is 0 Å². The second-order valence-electron chi connectivity index (χ2n) is 12.8. The normalized spacial score (nSPS) is 13.9. The van der Waals surface area contributed by atoms with E-state index >= 15 is 0 Å². The first-order valence-electron chi connectivity index (χ1n) is 18.1. The maximum Gasteiger partial charge on any atom is 0.328 e. The molecule has 0 bridgehead atoms. The van der Waals surface area contributed by atoms with E-state index in [2.05, 4.69) is 124 Å². The third-order valence-corrected chi connectivity index (χ3v) is 10.1. The molecule has 4 N–H and O–H groups in total. The van der Waals surface area contributed by atoms with Crippen LogP contribution in [0, 0.1) is 0 Å². The molecule has 2 aliphatic rings. The Hall–Kier alpha value is -5.69. The number of carboxylic acids is 4. The van der Waals surface area contributed by atoms with E-state index in [0.717, 1.165) is 13.1 Å². The number of anilines is 2. The van der Waals surface area contributed by atoms with Gasteiger partial charge in [-0.05, 0) is 67.7 Å². The van der Waals surface area contributed by atoms with Crippen molar-refractivity contribution in [3.05, 3.63) is 145 Å². The van der Waals surface area contributed by atoms with E-state index in [4.69, 9.17) is 20.4 Å². The average Bonchev–Trinajstić information content (AvgIpc) is 3.19. The van der Waals surface area contributed by atoms with Crippen molar-refractivity contribution in [2.75, 3.05) is 50.7 Å². The summed E-state index contributed by atoms with van der Waals surface area (Å²) in [6, 6.07) is 39.8. The average molecular weight is 766 g/mol. The quantitative estimate of drug-likeness (QED) is 0.0749. The zero-order chi connectivity index (χ0) is 39.4. The Bertz CT molecular complexity index is 1750. The molecule has 4 aromatic carbocycles. The van der Waals surface area contributed by atoms with Crippen LogP contribution >= 0.6 is 11.8 Å². The van der Waals surface area contributed by atoms with Gasteiger partial charge >= 0.3 is 23.9 Å². The zero-order valence-corrected chi connectivity index (χ0v) is 31.3. The third kappa shape index (κ3) is 14.6. The number of carbonyl (C=O) groups is 4. The third-order valence-electron chi connectivity index (χ3n) is 8.98. The van der Waals surface area contributed by atoms with Gasteiger partial charge in [0, 0.05) is 72.7 Å². The molecule has 1 fully saturated rings. The van der Waals surface area contributed by atoms with Gasteiger partial charge in [0.25, 0.3) is 0 Å². The van der Waals surface area contributed by atoms with Crippen LogP contribution in [0.25, 0.3) is 0 Å². The molecule has 0 atom stereocenters. The summed E-state index contributed by atoms with van der Waals surface area (Å²) in [5.41, 5.74) is 5.58. The lowest BCUT2D eigenvalue weighted by atomic mass is 9.88. The molecule has 12 heteroatoms. The molecular formula is C43H47N3O8S. The van der Waals surface area contributed by atoms with E-state index < -0.39 is 23.9 Å². The Kier molecular flexibility index (Phi) is 17.2. The largest absolute Gasteiger partial charge is 0.478 e. The first-order valence-corrected chi connectivity index (χ1v) is 18.9. The summed E-state index contributed by atoms with van der Waals surface area (Å²) in [7, 11) is 0. The van der Waals surface area contributed by atoms with Crippen molar-refractivity contribution in [3.8, 4) is 0 Å². The molecular weight excluding hydrogens is 719 g/mol. The summed E-state index contributed by atoms with van der Waals surface area (Å²) < 4.78 is 0. The Labute approximate surface area is 325 Å². The molecule has 55 heavy (non-hydrogen) atoms. The van der Waals surface area contributed by atoms with Crippen LogP contribution in [-0.4, -0.2) is 99.9 Å². The van der Waals surface area contributed by atoms with Gasteiger partial charge in [0.2, 0.25) is 0 Å². The lowest BCUT2D eigenvalue weighted by Gasteiger charge is -2.36. The number of nitrogens with zero attached hydrogens (tertiary/aromatic N) is 3. The van der Waals surface area contributed by atoms with Gasteiger partial charge in [-0.2, -0.15) is 0 Å². The van der Waals surface area contributed by atoms with Crippen molar-refractivity contribution in [2.24, 2.45) is 0 Å². The summed E-state index contributed by atoms with van der Waals surface area (Å²) >= 11 is 1.90. The Balaban J connectivity index is 0.000000354. The fourth-order valence-corrected chi connectivity index (χ4v) is 7.45. The molecule has 0 amide bonds. The monoisotopic (exact) mass is 765 g/mol. The highest BCUT2D eigenvalue weighted by atomic mass is 32.2. The molecule has 0 spiro atoms. The number of carboxylic acid groups (broad SMARTS) is 4. The predicted octanol–water partition coefficient (Wildman–Crippen LogP) is 7.33. The number of hydrogen-bond donors (Lipinski definition) is 4. The van der Waals surface area contributed by atoms with Gasteiger partial charge < -0.3 is 35.1 Å². The number of unbranched alkanes of at least 4 members (excludes halogenated alkanes) is 1. The fourth-order valence-electron chi connectivity index (χ4n) is 6.36. The topological polar surface area (TPSA) is 159 Å². The first-order chi connectivity index (χ1) is 26.6. The van der Waals surface area contributed by atoms with Crippen LogP contribution in [-0.2, 0) is 19.2 Å². The highest BCUT2D eigenvalue weighted by molar-refractivity contribution is 7.99. The minimum Gasteiger partial charge on any atom is -0.478 e. The van der Waals surface area contributed by atoms with Gasteiger partial charge in [0.05, 0.1) is 11.4 Å². The van der Waals surface area contributed by atoms with Crippen LogP contribution in [0.15, 0.2) is 143 Å². The predicted molar refractivity (Wildman–Crippen MR) is 214 cm³/mol. The summed E-state index contributed by atoms with van der Waals surface area (Å²) in [6.45, 7) is 8.18. The lowest BCUT2D eigenvalue weighted by Crippen LogP contribution is -2.47. The van der Waals surface area contributed by atoms with Crippen LogP contribution in [0.4, 0.5) is 11.4 Å². The van der Waals surface area contributed by atoms with Crippen molar-refractivity contribution < 1.29 is 39.6 Å². The van der Waals surface area contributed by atoms with E-state index in [1.165, 1.54) is 84.3 Å². The van der Waals surface area contributed by atoms with Crippen molar-refractivity contribution in [1.29, 1.82) is 0 Å². The van der Waals surface area contributed by atoms with E-state index in [1.807, 2.05) is 11.8 Å². The van der Waals surface area contributed by atoms with Crippen molar-refractivity contribution in [1.82, 2.24) is 9.80 Å². The first kappa shape index (κ1) is 42.1. The Morgan fingerprint density at radius 1 is 0.509 bits per heavy atom. The number of fused-ring (bicyclic) bond motifs is 2. The van der Waals surface area contributed by atoms with Gasteiger partial charge in [0.15, 0.2) is 0 Å². The molecule has 1 saturated heterocycles. The molecule has 11 nitrogen and oxygen atoms in total. The van der Waals surface area contributed by atoms with E-state index in [0.29, 0.717) is 30.2 Å². The number of rotatable bonds is 14. The Morgan fingerprint density at radius 3 is 1.29 bits per heavy atom. The highest BCUT2D eigenvalue weighted by Gasteiger charge is 2.23. The summed E-state index contributed by atoms with van der Waals surface area (Å²) in [5, 5.41) is 31.2. The van der Waals surface area contributed by atoms with Crippen LogP contribution in [0.5, 0.6) is 0 Å². The lowest BCUT2D eigenvalue weighted by molar-refractivity contribution is -0.134. The van der Waals surface area contributed by atoms with Crippen LogP contribution in [0.3, 0.4) is 0 Å². The van der Waals surface area contributed by atoms with Gasteiger partial charge in [0.1, 0.15) is 0 Å². The zero-order valence-electron chi connectivity index (χ0n) is 30.5. The molecule has 0 radical (unpaired) electrons. The van der Waals surface area contributed by atoms with Crippen molar-refractivity contribution >= 4 is 47.0 Å². The van der Waals surface area contributed by atoms with Crippen LogP contribution < -0.4 is 4.90 Å². The van der Waals surface area contributed by atoms with E-state index in [-0.39, 0.29) is 0 Å². The second kappa shape index (κ2) is 22.5. The maximum atomic E-state index is 9.55. The molecule has 288 valence electrons. The van der Waals surface area contributed by atoms with Crippen molar-refractivity contribution in [3.63, 3.8) is 0 Å². The molecule has 6 rings (SSSR count). The van der Waals surface area contributed by atoms with Gasteiger partial charge in [-0.3, -0.25) is 0 Å². The fraction of sp³-hybridized carbons (Fsp3) is 0.256. The van der Waals surface area contributed by atoms with Gasteiger partial charge in [-0.15, -0.1) is 0 Å². The minimum absolute atomic E-state index is 0.467. The molecule has 0 saturated carbocycles.